The Hall–Kier alpha value is -3.97. The van der Waals surface area contributed by atoms with Crippen molar-refractivity contribution in [1.82, 2.24) is 0 Å². The van der Waals surface area contributed by atoms with Crippen molar-refractivity contribution in [3.05, 3.63) is 125 Å². The number of fused-ring (bicyclic) bond motifs is 4. The van der Waals surface area contributed by atoms with Crippen LogP contribution in [0.4, 0.5) is 4.39 Å². The molecule has 5 aromatic carbocycles. The van der Waals surface area contributed by atoms with Gasteiger partial charge in [0.25, 0.3) is 0 Å². The van der Waals surface area contributed by atoms with Crippen LogP contribution in [0.3, 0.4) is 0 Å². The van der Waals surface area contributed by atoms with Crippen molar-refractivity contribution in [2.45, 2.75) is 39.0 Å². The van der Waals surface area contributed by atoms with E-state index in [1.54, 1.807) is 12.1 Å². The lowest BCUT2D eigenvalue weighted by molar-refractivity contribution is 0.628. The van der Waals surface area contributed by atoms with Gasteiger partial charge in [0, 0.05) is 5.41 Å². The third kappa shape index (κ3) is 3.27. The summed E-state index contributed by atoms with van der Waals surface area (Å²) in [7, 11) is 0. The Morgan fingerprint density at radius 2 is 1.38 bits per heavy atom. The molecule has 37 heavy (non-hydrogen) atoms. The van der Waals surface area contributed by atoms with Gasteiger partial charge in [-0.3, -0.25) is 0 Å². The third-order valence-corrected chi connectivity index (χ3v) is 8.46. The Labute approximate surface area is 217 Å². The van der Waals surface area contributed by atoms with E-state index in [1.165, 1.54) is 66.1 Å². The van der Waals surface area contributed by atoms with Crippen LogP contribution in [0.1, 0.15) is 43.4 Å². The van der Waals surface area contributed by atoms with Crippen LogP contribution >= 0.6 is 0 Å². The smallest absolute Gasteiger partial charge is 0.123 e. The Morgan fingerprint density at radius 3 is 2.14 bits per heavy atom. The molecule has 0 aliphatic heterocycles. The van der Waals surface area contributed by atoms with E-state index in [1.807, 2.05) is 12.1 Å². The van der Waals surface area contributed by atoms with Crippen molar-refractivity contribution in [2.24, 2.45) is 0 Å². The fraction of sp³-hybridized carbons (Fsp3) is 0.167. The van der Waals surface area contributed by atoms with Crippen LogP contribution in [0.2, 0.25) is 0 Å². The summed E-state index contributed by atoms with van der Waals surface area (Å²) in [6.07, 6.45) is 6.89. The minimum atomic E-state index is -0.211. The second-order valence-electron chi connectivity index (χ2n) is 11.1. The first-order valence-electron chi connectivity index (χ1n) is 13.2. The molecule has 0 N–H and O–H groups in total. The molecule has 0 radical (unpaired) electrons. The molecule has 0 bridgehead atoms. The van der Waals surface area contributed by atoms with E-state index in [4.69, 9.17) is 0 Å². The van der Waals surface area contributed by atoms with Crippen LogP contribution < -0.4 is 0 Å². The fourth-order valence-electron chi connectivity index (χ4n) is 6.70. The van der Waals surface area contributed by atoms with Crippen LogP contribution in [0, 0.1) is 12.7 Å². The zero-order chi connectivity index (χ0) is 25.3. The standard InChI is InChI=1S/C36H29F/c1-22-12-18-29-31(20-22)35(28-10-5-4-9-27(28)34(29)23-13-16-25(37)17-14-23)24-15-19-33-30(21-24)26-8-6-7-11-32(26)36(33,2)3/h4-5,7,9-21H,6,8H2,1-3H3. The molecule has 0 saturated carbocycles. The van der Waals surface area contributed by atoms with Gasteiger partial charge < -0.3 is 0 Å². The molecular weight excluding hydrogens is 451 g/mol. The molecule has 180 valence electrons. The molecule has 0 spiro atoms. The van der Waals surface area contributed by atoms with Crippen molar-refractivity contribution in [3.63, 3.8) is 0 Å². The van der Waals surface area contributed by atoms with Gasteiger partial charge in [-0.2, -0.15) is 0 Å². The second-order valence-corrected chi connectivity index (χ2v) is 11.1. The van der Waals surface area contributed by atoms with E-state index >= 15 is 0 Å². The highest BCUT2D eigenvalue weighted by Gasteiger charge is 2.37. The largest absolute Gasteiger partial charge is 0.207 e. The van der Waals surface area contributed by atoms with Crippen LogP contribution in [0.15, 0.2) is 103 Å². The molecule has 0 atom stereocenters. The van der Waals surface area contributed by atoms with E-state index in [0.717, 1.165) is 18.4 Å². The van der Waals surface area contributed by atoms with Crippen LogP contribution in [-0.2, 0) is 5.41 Å². The van der Waals surface area contributed by atoms with E-state index in [9.17, 15) is 4.39 Å². The first-order valence-corrected chi connectivity index (χ1v) is 13.2. The highest BCUT2D eigenvalue weighted by atomic mass is 19.1. The van der Waals surface area contributed by atoms with Crippen molar-refractivity contribution in [3.8, 4) is 22.3 Å². The van der Waals surface area contributed by atoms with Crippen LogP contribution in [-0.4, -0.2) is 0 Å². The van der Waals surface area contributed by atoms with E-state index in [-0.39, 0.29) is 11.2 Å². The van der Waals surface area contributed by atoms with Crippen LogP contribution in [0.25, 0.3) is 49.4 Å². The lowest BCUT2D eigenvalue weighted by Crippen LogP contribution is -2.16. The lowest BCUT2D eigenvalue weighted by atomic mass is 9.79. The highest BCUT2D eigenvalue weighted by molar-refractivity contribution is 6.21. The minimum absolute atomic E-state index is 0.0350. The van der Waals surface area contributed by atoms with Gasteiger partial charge in [0.1, 0.15) is 5.82 Å². The molecule has 7 rings (SSSR count). The molecule has 0 fully saturated rings. The molecule has 1 heteroatoms. The van der Waals surface area contributed by atoms with Gasteiger partial charge in [0.15, 0.2) is 0 Å². The predicted molar refractivity (Wildman–Crippen MR) is 155 cm³/mol. The third-order valence-electron chi connectivity index (χ3n) is 8.46. The van der Waals surface area contributed by atoms with Crippen molar-refractivity contribution in [2.75, 3.05) is 0 Å². The topological polar surface area (TPSA) is 0 Å². The maximum atomic E-state index is 13.8. The molecule has 2 aliphatic carbocycles. The number of aryl methyl sites for hydroxylation is 1. The quantitative estimate of drug-likeness (QED) is 0.220. The Kier molecular flexibility index (Phi) is 4.82. The zero-order valence-corrected chi connectivity index (χ0v) is 21.5. The summed E-state index contributed by atoms with van der Waals surface area (Å²) in [6, 6.07) is 29.5. The first kappa shape index (κ1) is 22.2. The number of hydrogen-bond acceptors (Lipinski definition) is 0. The molecule has 0 saturated heterocycles. The van der Waals surface area contributed by atoms with Gasteiger partial charge in [0.2, 0.25) is 0 Å². The number of hydrogen-bond donors (Lipinski definition) is 0. The molecular formula is C36H29F. The summed E-state index contributed by atoms with van der Waals surface area (Å²) in [5.74, 6) is -0.211. The zero-order valence-electron chi connectivity index (χ0n) is 21.5. The van der Waals surface area contributed by atoms with E-state index in [0.29, 0.717) is 0 Å². The normalized spacial score (nSPS) is 15.9. The van der Waals surface area contributed by atoms with Crippen LogP contribution in [0.5, 0.6) is 0 Å². The molecule has 0 unspecified atom stereocenters. The molecule has 0 nitrogen and oxygen atoms in total. The molecule has 5 aromatic rings. The summed E-state index contributed by atoms with van der Waals surface area (Å²) < 4.78 is 13.8. The number of benzene rings is 5. The Balaban J connectivity index is 1.57. The van der Waals surface area contributed by atoms with Crippen molar-refractivity contribution >= 4 is 27.1 Å². The van der Waals surface area contributed by atoms with Crippen molar-refractivity contribution < 1.29 is 4.39 Å². The molecule has 0 heterocycles. The van der Waals surface area contributed by atoms with Gasteiger partial charge in [0.05, 0.1) is 0 Å². The number of rotatable bonds is 2. The Morgan fingerprint density at radius 1 is 0.703 bits per heavy atom. The minimum Gasteiger partial charge on any atom is -0.207 e. The summed E-state index contributed by atoms with van der Waals surface area (Å²) in [6.45, 7) is 6.87. The van der Waals surface area contributed by atoms with E-state index < -0.39 is 0 Å². The fourth-order valence-corrected chi connectivity index (χ4v) is 6.70. The Bertz CT molecular complexity index is 1800. The average Bonchev–Trinajstić information content (AvgIpc) is 3.14. The maximum absolute atomic E-state index is 13.8. The number of allylic oxidation sites excluding steroid dienone is 4. The molecule has 2 aliphatic rings. The van der Waals surface area contributed by atoms with Gasteiger partial charge >= 0.3 is 0 Å². The second kappa shape index (κ2) is 8.02. The lowest BCUT2D eigenvalue weighted by Gasteiger charge is -2.24. The predicted octanol–water partition coefficient (Wildman–Crippen LogP) is 10.2. The SMILES string of the molecule is Cc1ccc2c(-c3ccc(F)cc3)c3ccccc3c(-c3ccc4c(c3)C3=C(C=CCC3)C4(C)C)c2c1. The monoisotopic (exact) mass is 480 g/mol. The van der Waals surface area contributed by atoms with Gasteiger partial charge in [-0.1, -0.05) is 98.3 Å². The van der Waals surface area contributed by atoms with Crippen molar-refractivity contribution in [1.29, 1.82) is 0 Å². The highest BCUT2D eigenvalue weighted by Crippen LogP contribution is 2.52. The average molecular weight is 481 g/mol. The van der Waals surface area contributed by atoms with Gasteiger partial charge in [-0.05, 0) is 104 Å². The maximum Gasteiger partial charge on any atom is 0.123 e. The molecule has 0 amide bonds. The molecule has 0 aromatic heterocycles. The summed E-state index contributed by atoms with van der Waals surface area (Å²) in [4.78, 5) is 0. The first-order chi connectivity index (χ1) is 17.9. The summed E-state index contributed by atoms with van der Waals surface area (Å²) in [5, 5.41) is 4.87. The van der Waals surface area contributed by atoms with Gasteiger partial charge in [-0.25, -0.2) is 4.39 Å². The summed E-state index contributed by atoms with van der Waals surface area (Å²) >= 11 is 0. The van der Waals surface area contributed by atoms with Gasteiger partial charge in [-0.15, -0.1) is 0 Å². The summed E-state index contributed by atoms with van der Waals surface area (Å²) in [5.41, 5.74) is 11.8. The van der Waals surface area contributed by atoms with E-state index in [2.05, 4.69) is 93.6 Å². The number of halogens is 1.